The van der Waals surface area contributed by atoms with Crippen LogP contribution in [0.1, 0.15) is 0 Å². The molecule has 0 amide bonds. The van der Waals surface area contributed by atoms with E-state index in [1.54, 1.807) is 7.11 Å². The molecule has 2 heterocycles. The maximum Gasteiger partial charge on any atom is 0.268 e. The van der Waals surface area contributed by atoms with Gasteiger partial charge in [0.15, 0.2) is 0 Å². The zero-order chi connectivity index (χ0) is 12.5. The second-order valence-electron chi connectivity index (χ2n) is 3.79. The molecule has 1 N–H and O–H groups in total. The van der Waals surface area contributed by atoms with Crippen molar-refractivity contribution >= 4 is 21.6 Å². The van der Waals surface area contributed by atoms with Crippen molar-refractivity contribution in [3.63, 3.8) is 0 Å². The Bertz CT molecular complexity index is 744. The monoisotopic (exact) mass is 258 g/mol. The molecular formula is C13H10N2O2S. The molecule has 0 aliphatic carbocycles. The largest absolute Gasteiger partial charge is 0.497 e. The van der Waals surface area contributed by atoms with E-state index in [-0.39, 0.29) is 5.56 Å². The number of methoxy groups -OCH3 is 1. The molecule has 2 aromatic heterocycles. The number of benzene rings is 1. The summed E-state index contributed by atoms with van der Waals surface area (Å²) in [5.74, 6) is 0.809. The Morgan fingerprint density at radius 3 is 2.78 bits per heavy atom. The van der Waals surface area contributed by atoms with E-state index in [4.69, 9.17) is 4.74 Å². The Morgan fingerprint density at radius 1 is 1.28 bits per heavy atom. The molecular weight excluding hydrogens is 248 g/mol. The quantitative estimate of drug-likeness (QED) is 0.768. The summed E-state index contributed by atoms with van der Waals surface area (Å²) in [6.45, 7) is 0. The van der Waals surface area contributed by atoms with Gasteiger partial charge in [0.05, 0.1) is 19.0 Å². The first-order valence-corrected chi connectivity index (χ1v) is 6.27. The van der Waals surface area contributed by atoms with Gasteiger partial charge in [-0.05, 0) is 17.7 Å². The lowest BCUT2D eigenvalue weighted by Gasteiger charge is -2.01. The predicted molar refractivity (Wildman–Crippen MR) is 72.2 cm³/mol. The smallest absolute Gasteiger partial charge is 0.268 e. The van der Waals surface area contributed by atoms with Crippen LogP contribution in [0.15, 0.2) is 40.8 Å². The molecule has 5 heteroatoms. The highest BCUT2D eigenvalue weighted by Crippen LogP contribution is 2.31. The fourth-order valence-electron chi connectivity index (χ4n) is 1.84. The minimum absolute atomic E-state index is 0.0928. The van der Waals surface area contributed by atoms with Gasteiger partial charge in [0, 0.05) is 10.9 Å². The fourth-order valence-corrected chi connectivity index (χ4v) is 2.76. The third-order valence-electron chi connectivity index (χ3n) is 2.76. The number of fused-ring (bicyclic) bond motifs is 1. The number of H-pyrrole nitrogens is 1. The van der Waals surface area contributed by atoms with Crippen molar-refractivity contribution < 1.29 is 4.74 Å². The van der Waals surface area contributed by atoms with Crippen LogP contribution in [0.25, 0.3) is 21.3 Å². The average Bonchev–Trinajstić information content (AvgIpc) is 2.84. The zero-order valence-electron chi connectivity index (χ0n) is 9.64. The summed E-state index contributed by atoms with van der Waals surface area (Å²) in [5.41, 5.74) is 2.66. The fraction of sp³-hybridized carbons (Fsp3) is 0.0769. The molecule has 3 rings (SSSR count). The van der Waals surface area contributed by atoms with Gasteiger partial charge >= 0.3 is 0 Å². The minimum atomic E-state index is -0.0928. The van der Waals surface area contributed by atoms with Gasteiger partial charge in [-0.1, -0.05) is 12.1 Å². The summed E-state index contributed by atoms with van der Waals surface area (Å²) in [6.07, 6.45) is 1.43. The first-order chi connectivity index (χ1) is 8.79. The highest BCUT2D eigenvalue weighted by molar-refractivity contribution is 7.17. The van der Waals surface area contributed by atoms with E-state index in [1.807, 2.05) is 29.6 Å². The lowest BCUT2D eigenvalue weighted by Crippen LogP contribution is -2.03. The zero-order valence-corrected chi connectivity index (χ0v) is 10.5. The number of ether oxygens (including phenoxy) is 1. The number of nitrogens with zero attached hydrogens (tertiary/aromatic N) is 1. The van der Waals surface area contributed by atoms with Gasteiger partial charge in [0.25, 0.3) is 5.56 Å². The Kier molecular flexibility index (Phi) is 2.60. The number of thiophene rings is 1. The molecule has 1 aromatic carbocycles. The van der Waals surface area contributed by atoms with Crippen LogP contribution in [0.5, 0.6) is 5.75 Å². The molecule has 0 fully saturated rings. The third-order valence-corrected chi connectivity index (χ3v) is 3.73. The molecule has 0 saturated heterocycles. The molecule has 0 atom stereocenters. The van der Waals surface area contributed by atoms with Crippen LogP contribution in [0.2, 0.25) is 0 Å². The summed E-state index contributed by atoms with van der Waals surface area (Å²) in [7, 11) is 1.64. The number of hydrogen-bond acceptors (Lipinski definition) is 4. The maximum atomic E-state index is 11.6. The Labute approximate surface area is 107 Å². The highest BCUT2D eigenvalue weighted by atomic mass is 32.1. The molecule has 0 spiro atoms. The number of aromatic amines is 1. The molecule has 0 bridgehead atoms. The number of aromatic nitrogens is 2. The van der Waals surface area contributed by atoms with Crippen molar-refractivity contribution in [3.05, 3.63) is 46.3 Å². The van der Waals surface area contributed by atoms with Gasteiger partial charge < -0.3 is 9.72 Å². The van der Waals surface area contributed by atoms with Gasteiger partial charge in [0.2, 0.25) is 0 Å². The number of hydrogen-bond donors (Lipinski definition) is 1. The van der Waals surface area contributed by atoms with E-state index < -0.39 is 0 Å². The summed E-state index contributed by atoms with van der Waals surface area (Å²) in [6, 6.07) is 7.71. The highest BCUT2D eigenvalue weighted by Gasteiger charge is 2.09. The van der Waals surface area contributed by atoms with Gasteiger partial charge in [-0.3, -0.25) is 4.79 Å². The lowest BCUT2D eigenvalue weighted by molar-refractivity contribution is 0.415. The van der Waals surface area contributed by atoms with Crippen LogP contribution < -0.4 is 10.3 Å². The molecule has 0 saturated carbocycles. The third kappa shape index (κ3) is 1.69. The molecule has 0 radical (unpaired) electrons. The second kappa shape index (κ2) is 4.27. The van der Waals surface area contributed by atoms with E-state index in [1.165, 1.54) is 17.7 Å². The van der Waals surface area contributed by atoms with Gasteiger partial charge in [-0.2, -0.15) is 0 Å². The van der Waals surface area contributed by atoms with Crippen LogP contribution in [-0.2, 0) is 0 Å². The lowest BCUT2D eigenvalue weighted by atomic mass is 10.1. The Morgan fingerprint density at radius 2 is 2.06 bits per heavy atom. The topological polar surface area (TPSA) is 55.0 Å². The first-order valence-electron chi connectivity index (χ1n) is 5.39. The maximum absolute atomic E-state index is 11.6. The van der Waals surface area contributed by atoms with E-state index >= 15 is 0 Å². The van der Waals surface area contributed by atoms with Crippen molar-refractivity contribution in [2.24, 2.45) is 0 Å². The van der Waals surface area contributed by atoms with Gasteiger partial charge in [-0.25, -0.2) is 4.98 Å². The minimum Gasteiger partial charge on any atom is -0.497 e. The molecule has 3 aromatic rings. The molecule has 18 heavy (non-hydrogen) atoms. The Balaban J connectivity index is 2.19. The van der Waals surface area contributed by atoms with Crippen LogP contribution in [0.4, 0.5) is 0 Å². The van der Waals surface area contributed by atoms with Crippen molar-refractivity contribution in [1.82, 2.24) is 9.97 Å². The van der Waals surface area contributed by atoms with Crippen LogP contribution in [0.3, 0.4) is 0 Å². The average molecular weight is 258 g/mol. The SMILES string of the molecule is COc1ccc(-c2csc3c(=O)[nH]cnc23)cc1. The van der Waals surface area contributed by atoms with Crippen molar-refractivity contribution in [2.45, 2.75) is 0 Å². The summed E-state index contributed by atoms with van der Waals surface area (Å²) < 4.78 is 5.78. The van der Waals surface area contributed by atoms with Crippen molar-refractivity contribution in [2.75, 3.05) is 7.11 Å². The van der Waals surface area contributed by atoms with Crippen LogP contribution in [0, 0.1) is 0 Å². The summed E-state index contributed by atoms with van der Waals surface area (Å²) in [5, 5.41) is 1.95. The van der Waals surface area contributed by atoms with E-state index in [9.17, 15) is 4.79 Å². The van der Waals surface area contributed by atoms with Crippen LogP contribution in [-0.4, -0.2) is 17.1 Å². The normalized spacial score (nSPS) is 10.7. The van der Waals surface area contributed by atoms with Crippen LogP contribution >= 0.6 is 11.3 Å². The molecule has 0 aliphatic heterocycles. The van der Waals surface area contributed by atoms with Crippen molar-refractivity contribution in [1.29, 1.82) is 0 Å². The van der Waals surface area contributed by atoms with E-state index in [0.29, 0.717) is 4.70 Å². The second-order valence-corrected chi connectivity index (χ2v) is 4.67. The first kappa shape index (κ1) is 11.0. The number of rotatable bonds is 2. The van der Waals surface area contributed by atoms with Gasteiger partial charge in [-0.15, -0.1) is 11.3 Å². The summed E-state index contributed by atoms with van der Waals surface area (Å²) >= 11 is 1.41. The molecule has 0 aliphatic rings. The predicted octanol–water partition coefficient (Wildman–Crippen LogP) is 2.66. The Hall–Kier alpha value is -2.14. The van der Waals surface area contributed by atoms with E-state index in [0.717, 1.165) is 22.4 Å². The summed E-state index contributed by atoms with van der Waals surface area (Å²) in [4.78, 5) is 18.4. The van der Waals surface area contributed by atoms with E-state index in [2.05, 4.69) is 9.97 Å². The molecule has 90 valence electrons. The number of nitrogens with one attached hydrogen (secondary N) is 1. The molecule has 4 nitrogen and oxygen atoms in total. The standard InChI is InChI=1S/C13H10N2O2S/c1-17-9-4-2-8(3-5-9)10-6-18-12-11(10)14-7-15-13(12)16/h2-7H,1H3,(H,14,15,16). The van der Waals surface area contributed by atoms with Crippen molar-refractivity contribution in [3.8, 4) is 16.9 Å². The van der Waals surface area contributed by atoms with Gasteiger partial charge in [0.1, 0.15) is 10.4 Å². The molecule has 0 unspecified atom stereocenters.